The molecule has 0 aromatic heterocycles. The first kappa shape index (κ1) is 14.9. The van der Waals surface area contributed by atoms with Gasteiger partial charge in [-0.25, -0.2) is 0 Å². The minimum Gasteiger partial charge on any atom is -0.317 e. The highest BCUT2D eigenvalue weighted by molar-refractivity contribution is 4.65. The van der Waals surface area contributed by atoms with Gasteiger partial charge in [0.15, 0.2) is 0 Å². The molecule has 0 heterocycles. The predicted molar refractivity (Wildman–Crippen MR) is 69.3 cm³/mol. The Morgan fingerprint density at radius 2 is 1.80 bits per heavy atom. The lowest BCUT2D eigenvalue weighted by atomic mass is 10.0. The summed E-state index contributed by atoms with van der Waals surface area (Å²) in [6.45, 7) is 12.6. The molecule has 2 nitrogen and oxygen atoms in total. The normalized spacial score (nSPS) is 13.8. The monoisotopic (exact) mass is 214 g/mol. The van der Waals surface area contributed by atoms with Crippen molar-refractivity contribution in [2.75, 3.05) is 26.7 Å². The van der Waals surface area contributed by atoms with Crippen LogP contribution < -0.4 is 5.32 Å². The minimum absolute atomic E-state index is 0.726. The molecule has 0 aliphatic carbocycles. The Balaban J connectivity index is 3.42. The quantitative estimate of drug-likeness (QED) is 0.594. The number of unbranched alkanes of at least 4 members (excludes halogenated alkanes) is 1. The molecule has 2 heteroatoms. The molecule has 15 heavy (non-hydrogen) atoms. The third kappa shape index (κ3) is 8.88. The smallest absolute Gasteiger partial charge is 0.00663 e. The highest BCUT2D eigenvalue weighted by Gasteiger charge is 2.09. The van der Waals surface area contributed by atoms with Crippen LogP contribution in [0.15, 0.2) is 0 Å². The lowest BCUT2D eigenvalue weighted by molar-refractivity contribution is 0.224. The van der Waals surface area contributed by atoms with Crippen molar-refractivity contribution >= 4 is 0 Å². The molecule has 0 aromatic carbocycles. The zero-order valence-corrected chi connectivity index (χ0v) is 11.3. The summed E-state index contributed by atoms with van der Waals surface area (Å²) in [5, 5.41) is 3.36. The number of rotatable bonds is 9. The maximum atomic E-state index is 3.36. The van der Waals surface area contributed by atoms with E-state index in [1.54, 1.807) is 0 Å². The molecular formula is C13H30N2. The molecular weight excluding hydrogens is 184 g/mol. The van der Waals surface area contributed by atoms with Crippen LogP contribution in [0.5, 0.6) is 0 Å². The number of hydrogen-bond acceptors (Lipinski definition) is 2. The summed E-state index contributed by atoms with van der Waals surface area (Å²) in [7, 11) is 2.25. The van der Waals surface area contributed by atoms with E-state index in [0.29, 0.717) is 0 Å². The van der Waals surface area contributed by atoms with Crippen LogP contribution in [0.3, 0.4) is 0 Å². The van der Waals surface area contributed by atoms with Crippen LogP contribution >= 0.6 is 0 Å². The van der Waals surface area contributed by atoms with Gasteiger partial charge in [0.2, 0.25) is 0 Å². The number of hydrogen-bond donors (Lipinski definition) is 1. The fourth-order valence-corrected chi connectivity index (χ4v) is 1.87. The van der Waals surface area contributed by atoms with Crippen LogP contribution in [-0.2, 0) is 0 Å². The van der Waals surface area contributed by atoms with E-state index in [1.165, 1.54) is 32.4 Å². The molecule has 0 aliphatic heterocycles. The summed E-state index contributed by atoms with van der Waals surface area (Å²) in [4.78, 5) is 2.49. The van der Waals surface area contributed by atoms with Gasteiger partial charge >= 0.3 is 0 Å². The molecule has 1 atom stereocenters. The van der Waals surface area contributed by atoms with Gasteiger partial charge in [-0.05, 0) is 58.8 Å². The minimum atomic E-state index is 0.726. The first-order chi connectivity index (χ1) is 7.07. The third-order valence-corrected chi connectivity index (χ3v) is 2.93. The molecule has 0 saturated heterocycles. The summed E-state index contributed by atoms with van der Waals surface area (Å²) >= 11 is 0. The molecule has 0 spiro atoms. The van der Waals surface area contributed by atoms with E-state index in [1.807, 2.05) is 0 Å². The van der Waals surface area contributed by atoms with Crippen LogP contribution in [0.4, 0.5) is 0 Å². The van der Waals surface area contributed by atoms with Crippen LogP contribution in [0.1, 0.15) is 47.0 Å². The molecule has 0 saturated carbocycles. The van der Waals surface area contributed by atoms with Gasteiger partial charge in [-0.1, -0.05) is 20.8 Å². The summed E-state index contributed by atoms with van der Waals surface area (Å²) in [5.41, 5.74) is 0. The van der Waals surface area contributed by atoms with Crippen molar-refractivity contribution in [3.63, 3.8) is 0 Å². The summed E-state index contributed by atoms with van der Waals surface area (Å²) in [5.74, 6) is 0.809. The van der Waals surface area contributed by atoms with Crippen LogP contribution in [0.2, 0.25) is 0 Å². The van der Waals surface area contributed by atoms with Gasteiger partial charge in [0, 0.05) is 6.04 Å². The largest absolute Gasteiger partial charge is 0.317 e. The first-order valence-corrected chi connectivity index (χ1v) is 6.48. The maximum absolute atomic E-state index is 3.36. The molecule has 0 bridgehead atoms. The average Bonchev–Trinajstić information content (AvgIpc) is 2.16. The van der Waals surface area contributed by atoms with Crippen LogP contribution in [0.25, 0.3) is 0 Å². The average molecular weight is 214 g/mol. The van der Waals surface area contributed by atoms with E-state index in [2.05, 4.69) is 45.0 Å². The van der Waals surface area contributed by atoms with E-state index in [9.17, 15) is 0 Å². The predicted octanol–water partition coefficient (Wildman–Crippen LogP) is 2.74. The standard InChI is InChI=1S/C13H30N2/c1-6-14-9-7-8-10-15(5)13(4)11-12(2)3/h12-14H,6-11H2,1-5H3. The van der Waals surface area contributed by atoms with Crippen molar-refractivity contribution in [3.8, 4) is 0 Å². The van der Waals surface area contributed by atoms with Gasteiger partial charge in [-0.15, -0.1) is 0 Å². The van der Waals surface area contributed by atoms with Gasteiger partial charge < -0.3 is 10.2 Å². The van der Waals surface area contributed by atoms with Crippen molar-refractivity contribution in [2.24, 2.45) is 5.92 Å². The van der Waals surface area contributed by atoms with E-state index < -0.39 is 0 Å². The topological polar surface area (TPSA) is 15.3 Å². The molecule has 0 aromatic rings. The lowest BCUT2D eigenvalue weighted by Crippen LogP contribution is -2.31. The summed E-state index contributed by atoms with van der Waals surface area (Å²) in [6, 6.07) is 0.726. The Bertz CT molecular complexity index is 134. The van der Waals surface area contributed by atoms with Crippen LogP contribution in [0, 0.1) is 5.92 Å². The molecule has 92 valence electrons. The van der Waals surface area contributed by atoms with Crippen molar-refractivity contribution < 1.29 is 0 Å². The van der Waals surface area contributed by atoms with E-state index in [-0.39, 0.29) is 0 Å². The maximum Gasteiger partial charge on any atom is 0.00663 e. The molecule has 0 rings (SSSR count). The Kier molecular flexibility index (Phi) is 9.12. The van der Waals surface area contributed by atoms with Gasteiger partial charge in [0.05, 0.1) is 0 Å². The second-order valence-electron chi connectivity index (χ2n) is 5.02. The van der Waals surface area contributed by atoms with Crippen molar-refractivity contribution in [2.45, 2.75) is 53.0 Å². The van der Waals surface area contributed by atoms with Crippen molar-refractivity contribution in [1.29, 1.82) is 0 Å². The molecule has 0 radical (unpaired) electrons. The number of nitrogens with one attached hydrogen (secondary N) is 1. The molecule has 1 unspecified atom stereocenters. The highest BCUT2D eigenvalue weighted by Crippen LogP contribution is 2.09. The number of nitrogens with zero attached hydrogens (tertiary/aromatic N) is 1. The Morgan fingerprint density at radius 3 is 2.33 bits per heavy atom. The summed E-state index contributed by atoms with van der Waals surface area (Å²) in [6.07, 6.45) is 3.92. The third-order valence-electron chi connectivity index (χ3n) is 2.93. The van der Waals surface area contributed by atoms with Gasteiger partial charge in [0.1, 0.15) is 0 Å². The SMILES string of the molecule is CCNCCCCN(C)C(C)CC(C)C. The van der Waals surface area contributed by atoms with Gasteiger partial charge in [0.25, 0.3) is 0 Å². The Morgan fingerprint density at radius 1 is 1.13 bits per heavy atom. The fraction of sp³-hybridized carbons (Fsp3) is 1.00. The molecule has 1 N–H and O–H groups in total. The van der Waals surface area contributed by atoms with Crippen molar-refractivity contribution in [1.82, 2.24) is 10.2 Å². The second kappa shape index (κ2) is 9.17. The zero-order chi connectivity index (χ0) is 11.7. The van der Waals surface area contributed by atoms with Crippen molar-refractivity contribution in [3.05, 3.63) is 0 Å². The Hall–Kier alpha value is -0.0800. The lowest BCUT2D eigenvalue weighted by Gasteiger charge is -2.26. The molecule has 0 amide bonds. The fourth-order valence-electron chi connectivity index (χ4n) is 1.87. The first-order valence-electron chi connectivity index (χ1n) is 6.48. The van der Waals surface area contributed by atoms with E-state index in [0.717, 1.165) is 18.5 Å². The molecule has 0 fully saturated rings. The summed E-state index contributed by atoms with van der Waals surface area (Å²) < 4.78 is 0. The van der Waals surface area contributed by atoms with E-state index in [4.69, 9.17) is 0 Å². The molecule has 0 aliphatic rings. The second-order valence-corrected chi connectivity index (χ2v) is 5.02. The zero-order valence-electron chi connectivity index (χ0n) is 11.3. The van der Waals surface area contributed by atoms with Crippen LogP contribution in [-0.4, -0.2) is 37.6 Å². The Labute approximate surface area is 96.4 Å². The van der Waals surface area contributed by atoms with Gasteiger partial charge in [-0.3, -0.25) is 0 Å². The van der Waals surface area contributed by atoms with Gasteiger partial charge in [-0.2, -0.15) is 0 Å². The van der Waals surface area contributed by atoms with E-state index >= 15 is 0 Å². The highest BCUT2D eigenvalue weighted by atomic mass is 15.1.